The van der Waals surface area contributed by atoms with Crippen molar-refractivity contribution < 1.29 is 0 Å². The molecule has 0 spiro atoms. The molecule has 1 atom stereocenters. The first-order valence-corrected chi connectivity index (χ1v) is 17.2. The molecule has 1 aliphatic heterocycles. The Labute approximate surface area is 269 Å². The van der Waals surface area contributed by atoms with Crippen LogP contribution in [0.25, 0.3) is 70.0 Å². The van der Waals surface area contributed by atoms with Crippen LogP contribution in [-0.2, 0) is 0 Å². The normalized spacial score (nSPS) is 15.3. The molecule has 0 amide bonds. The summed E-state index contributed by atoms with van der Waals surface area (Å²) >= 11 is 3.86. The Morgan fingerprint density at radius 2 is 1.36 bits per heavy atom. The van der Waals surface area contributed by atoms with Crippen molar-refractivity contribution >= 4 is 65.2 Å². The van der Waals surface area contributed by atoms with Crippen LogP contribution in [0, 0.1) is 0 Å². The van der Waals surface area contributed by atoms with Crippen LogP contribution < -0.4 is 10.6 Å². The van der Waals surface area contributed by atoms with E-state index >= 15 is 0 Å². The average Bonchev–Trinajstić information content (AvgIpc) is 3.78. The third-order valence-corrected chi connectivity index (χ3v) is 12.1. The van der Waals surface area contributed by atoms with Crippen molar-refractivity contribution in [3.05, 3.63) is 156 Å². The standard InChI is InChI=1S/C42H27NS2/c1-4-16-36-35(13-1)40-37(24-23-34-32-12-3-6-18-39(32)45-42(34)40)43(36)29-21-19-26(20-22-29)27-9-7-10-28(25-27)30-14-8-15-33-31-11-2-5-17-38(31)44-41(30)33/h1-22,24-25,34H,23H2. The van der Waals surface area contributed by atoms with Gasteiger partial charge in [0.05, 0.1) is 10.9 Å². The molecule has 0 N–H and O–H groups in total. The van der Waals surface area contributed by atoms with Crippen LogP contribution in [0.4, 0.5) is 0 Å². The lowest BCUT2D eigenvalue weighted by atomic mass is 9.91. The van der Waals surface area contributed by atoms with Crippen LogP contribution in [0.3, 0.4) is 0 Å². The van der Waals surface area contributed by atoms with Crippen LogP contribution in [-0.4, -0.2) is 4.57 Å². The van der Waals surface area contributed by atoms with Crippen LogP contribution in [0.5, 0.6) is 0 Å². The maximum absolute atomic E-state index is 2.47. The number of rotatable bonds is 3. The molecule has 8 aromatic rings. The van der Waals surface area contributed by atoms with Gasteiger partial charge in [-0.3, -0.25) is 0 Å². The van der Waals surface area contributed by atoms with Gasteiger partial charge < -0.3 is 4.57 Å². The van der Waals surface area contributed by atoms with Crippen molar-refractivity contribution in [3.8, 4) is 27.9 Å². The molecular formula is C42H27NS2. The molecule has 0 fully saturated rings. The summed E-state index contributed by atoms with van der Waals surface area (Å²) < 4.78 is 5.17. The second-order valence-electron chi connectivity index (χ2n) is 12.0. The summed E-state index contributed by atoms with van der Waals surface area (Å²) in [6.45, 7) is 0. The Hall–Kier alpha value is -4.83. The van der Waals surface area contributed by atoms with Crippen molar-refractivity contribution in [3.63, 3.8) is 0 Å². The zero-order valence-electron chi connectivity index (χ0n) is 24.4. The fraction of sp³-hybridized carbons (Fsp3) is 0.0476. The molecule has 0 saturated carbocycles. The summed E-state index contributed by atoms with van der Waals surface area (Å²) in [4.78, 5) is 2.91. The van der Waals surface area contributed by atoms with E-state index in [9.17, 15) is 0 Å². The van der Waals surface area contributed by atoms with Gasteiger partial charge in [-0.05, 0) is 70.6 Å². The predicted octanol–water partition coefficient (Wildman–Crippen LogP) is 10.5. The van der Waals surface area contributed by atoms with E-state index in [-0.39, 0.29) is 0 Å². The van der Waals surface area contributed by atoms with Gasteiger partial charge in [0.1, 0.15) is 0 Å². The minimum Gasteiger partial charge on any atom is -0.310 e. The molecule has 0 bridgehead atoms. The quantitative estimate of drug-likeness (QED) is 0.193. The van der Waals surface area contributed by atoms with E-state index in [1.165, 1.54) is 84.9 Å². The topological polar surface area (TPSA) is 4.93 Å². The highest BCUT2D eigenvalue weighted by molar-refractivity contribution is 8.08. The number of hydrogen-bond acceptors (Lipinski definition) is 2. The maximum atomic E-state index is 2.47. The number of hydrogen-bond donors (Lipinski definition) is 0. The first-order valence-electron chi connectivity index (χ1n) is 15.5. The second-order valence-corrected chi connectivity index (χ2v) is 14.2. The molecule has 212 valence electrons. The Morgan fingerprint density at radius 1 is 0.600 bits per heavy atom. The van der Waals surface area contributed by atoms with Crippen molar-refractivity contribution in [2.75, 3.05) is 0 Å². The van der Waals surface area contributed by atoms with E-state index < -0.39 is 0 Å². The summed E-state index contributed by atoms with van der Waals surface area (Å²) in [5.41, 5.74) is 8.99. The molecule has 45 heavy (non-hydrogen) atoms. The number of benzene rings is 6. The molecule has 1 aliphatic carbocycles. The molecule has 1 unspecified atom stereocenters. The largest absolute Gasteiger partial charge is 0.310 e. The van der Waals surface area contributed by atoms with Gasteiger partial charge in [-0.2, -0.15) is 0 Å². The lowest BCUT2D eigenvalue weighted by Gasteiger charge is -2.15. The number of para-hydroxylation sites is 1. The van der Waals surface area contributed by atoms with Gasteiger partial charge >= 0.3 is 0 Å². The maximum Gasteiger partial charge on any atom is 0.0541 e. The molecular weight excluding hydrogens is 583 g/mol. The van der Waals surface area contributed by atoms with Crippen molar-refractivity contribution in [1.29, 1.82) is 0 Å². The monoisotopic (exact) mass is 609 g/mol. The summed E-state index contributed by atoms with van der Waals surface area (Å²) in [6, 6.07) is 51.5. The highest BCUT2D eigenvalue weighted by Gasteiger charge is 2.31. The second kappa shape index (κ2) is 9.84. The summed E-state index contributed by atoms with van der Waals surface area (Å²) in [6.07, 6.45) is 3.51. The van der Waals surface area contributed by atoms with Crippen LogP contribution in [0.1, 0.15) is 17.9 Å². The van der Waals surface area contributed by atoms with Gasteiger partial charge in [0.2, 0.25) is 0 Å². The molecule has 6 aromatic carbocycles. The minimum atomic E-state index is 0.464. The van der Waals surface area contributed by atoms with E-state index in [1.807, 2.05) is 23.1 Å². The van der Waals surface area contributed by atoms with Gasteiger partial charge in [0.15, 0.2) is 0 Å². The predicted molar refractivity (Wildman–Crippen MR) is 194 cm³/mol. The Balaban J connectivity index is 1.08. The van der Waals surface area contributed by atoms with Crippen LogP contribution in [0.2, 0.25) is 0 Å². The molecule has 3 heteroatoms. The minimum absolute atomic E-state index is 0.464. The summed E-state index contributed by atoms with van der Waals surface area (Å²) in [5.74, 6) is 0.464. The SMILES string of the molecule is C1=c2c(c3ccccc3n2-c2ccc(-c3cccc(-c4cccc5c4sc4ccccc45)c3)cc2)=C2Sc3ccccc3C2C1. The van der Waals surface area contributed by atoms with E-state index in [4.69, 9.17) is 0 Å². The molecule has 1 nitrogen and oxygen atoms in total. The van der Waals surface area contributed by atoms with E-state index in [0.29, 0.717) is 5.92 Å². The van der Waals surface area contributed by atoms with E-state index in [1.54, 1.807) is 0 Å². The number of thiophene rings is 1. The molecule has 0 saturated heterocycles. The van der Waals surface area contributed by atoms with Crippen molar-refractivity contribution in [2.24, 2.45) is 0 Å². The first-order chi connectivity index (χ1) is 22.3. The average molecular weight is 610 g/mol. The Morgan fingerprint density at radius 3 is 2.29 bits per heavy atom. The van der Waals surface area contributed by atoms with E-state index in [2.05, 4.69) is 150 Å². The van der Waals surface area contributed by atoms with Gasteiger partial charge in [-0.25, -0.2) is 0 Å². The number of aromatic nitrogens is 1. The van der Waals surface area contributed by atoms with Gasteiger partial charge in [0, 0.05) is 52.2 Å². The highest BCUT2D eigenvalue weighted by Crippen LogP contribution is 2.51. The molecule has 0 radical (unpaired) electrons. The first kappa shape index (κ1) is 25.5. The summed E-state index contributed by atoms with van der Waals surface area (Å²) in [5, 5.41) is 6.76. The molecule has 2 aromatic heterocycles. The van der Waals surface area contributed by atoms with Gasteiger partial charge in [-0.15, -0.1) is 11.3 Å². The molecule has 10 rings (SSSR count). The molecule has 2 aliphatic rings. The van der Waals surface area contributed by atoms with Crippen molar-refractivity contribution in [1.82, 2.24) is 4.57 Å². The number of nitrogens with zero attached hydrogens (tertiary/aromatic N) is 1. The van der Waals surface area contributed by atoms with Crippen molar-refractivity contribution in [2.45, 2.75) is 17.2 Å². The smallest absolute Gasteiger partial charge is 0.0541 e. The summed E-state index contributed by atoms with van der Waals surface area (Å²) in [7, 11) is 0. The lowest BCUT2D eigenvalue weighted by molar-refractivity contribution is 0.891. The number of thioether (sulfide) groups is 1. The highest BCUT2D eigenvalue weighted by atomic mass is 32.2. The zero-order chi connectivity index (χ0) is 29.5. The van der Waals surface area contributed by atoms with Gasteiger partial charge in [-0.1, -0.05) is 121 Å². The Kier molecular flexibility index (Phi) is 5.57. The lowest BCUT2D eigenvalue weighted by Crippen LogP contribution is -2.33. The van der Waals surface area contributed by atoms with Crippen LogP contribution >= 0.6 is 23.1 Å². The third kappa shape index (κ3) is 3.81. The number of fused-ring (bicyclic) bond motifs is 9. The fourth-order valence-electron chi connectivity index (χ4n) is 7.51. The van der Waals surface area contributed by atoms with E-state index in [0.717, 1.165) is 6.42 Å². The van der Waals surface area contributed by atoms with Crippen LogP contribution in [0.15, 0.2) is 144 Å². The Bertz CT molecular complexity index is 2600. The zero-order valence-corrected chi connectivity index (χ0v) is 26.0. The fourth-order valence-corrected chi connectivity index (χ4v) is 10.1. The molecule has 3 heterocycles. The van der Waals surface area contributed by atoms with Gasteiger partial charge in [0.25, 0.3) is 0 Å². The third-order valence-electron chi connectivity index (χ3n) is 9.57.